The van der Waals surface area contributed by atoms with Crippen LogP contribution in [0.25, 0.3) is 0 Å². The number of benzene rings is 1. The molecule has 1 aromatic carbocycles. The van der Waals surface area contributed by atoms with Crippen LogP contribution in [-0.4, -0.2) is 16.9 Å². The van der Waals surface area contributed by atoms with E-state index in [2.05, 4.69) is 25.5 Å². The second-order valence-corrected chi connectivity index (χ2v) is 5.11. The van der Waals surface area contributed by atoms with Gasteiger partial charge in [0.15, 0.2) is 0 Å². The number of phenols is 1. The molecule has 4 heteroatoms. The van der Waals surface area contributed by atoms with Gasteiger partial charge >= 0.3 is 0 Å². The van der Waals surface area contributed by atoms with Crippen molar-refractivity contribution in [1.29, 1.82) is 5.26 Å². The fourth-order valence-electron chi connectivity index (χ4n) is 2.40. The zero-order valence-corrected chi connectivity index (χ0v) is 11.9. The van der Waals surface area contributed by atoms with Crippen LogP contribution in [0.4, 0.5) is 5.69 Å². The Balaban J connectivity index is 2.37. The lowest BCUT2D eigenvalue weighted by Crippen LogP contribution is -2.32. The lowest BCUT2D eigenvalue weighted by atomic mass is 9.94. The summed E-state index contributed by atoms with van der Waals surface area (Å²) in [4.78, 5) is 0. The van der Waals surface area contributed by atoms with Gasteiger partial charge in [-0.15, -0.1) is 0 Å². The summed E-state index contributed by atoms with van der Waals surface area (Å²) in [6, 6.07) is 7.27. The Kier molecular flexibility index (Phi) is 4.09. The van der Waals surface area contributed by atoms with Gasteiger partial charge < -0.3 is 5.11 Å². The zero-order chi connectivity index (χ0) is 14.7. The standard InChI is InChI=1S/C16H19N3O/c1-4-11(3)15-8-13(5-2)18-19(15)14-7-6-12(10-17)16(20)9-14/h5-7,9,11,15,20H,2,4,8H2,1,3H3. The molecule has 0 aliphatic carbocycles. The molecule has 0 spiro atoms. The minimum Gasteiger partial charge on any atom is -0.506 e. The monoisotopic (exact) mass is 269 g/mol. The summed E-state index contributed by atoms with van der Waals surface area (Å²) in [6.07, 6.45) is 3.70. The molecule has 0 amide bonds. The van der Waals surface area contributed by atoms with Gasteiger partial charge in [-0.25, -0.2) is 0 Å². The molecule has 1 aliphatic heterocycles. The number of nitriles is 1. The van der Waals surface area contributed by atoms with Gasteiger partial charge in [0.2, 0.25) is 0 Å². The highest BCUT2D eigenvalue weighted by Crippen LogP contribution is 2.33. The Hall–Kier alpha value is -2.28. The predicted octanol–water partition coefficient (Wildman–Crippen LogP) is 3.43. The lowest BCUT2D eigenvalue weighted by Gasteiger charge is -2.28. The molecule has 2 atom stereocenters. The van der Waals surface area contributed by atoms with Crippen molar-refractivity contribution < 1.29 is 5.11 Å². The molecule has 0 fully saturated rings. The molecule has 104 valence electrons. The zero-order valence-electron chi connectivity index (χ0n) is 11.9. The van der Waals surface area contributed by atoms with Gasteiger partial charge in [-0.05, 0) is 24.1 Å². The third kappa shape index (κ3) is 2.53. The van der Waals surface area contributed by atoms with Gasteiger partial charge in [-0.1, -0.05) is 26.8 Å². The smallest absolute Gasteiger partial charge is 0.135 e. The van der Waals surface area contributed by atoms with Gasteiger partial charge in [0.05, 0.1) is 23.0 Å². The molecule has 20 heavy (non-hydrogen) atoms. The number of hydrogen-bond donors (Lipinski definition) is 1. The lowest BCUT2D eigenvalue weighted by molar-refractivity contribution is 0.440. The molecule has 2 unspecified atom stereocenters. The Labute approximate surface area is 119 Å². The van der Waals surface area contributed by atoms with Gasteiger partial charge in [0, 0.05) is 12.5 Å². The van der Waals surface area contributed by atoms with Crippen LogP contribution in [0.1, 0.15) is 32.3 Å². The Morgan fingerprint density at radius 2 is 2.40 bits per heavy atom. The summed E-state index contributed by atoms with van der Waals surface area (Å²) in [6.45, 7) is 8.14. The Morgan fingerprint density at radius 1 is 1.65 bits per heavy atom. The van der Waals surface area contributed by atoms with E-state index in [0.717, 1.165) is 24.2 Å². The quantitative estimate of drug-likeness (QED) is 0.911. The van der Waals surface area contributed by atoms with Crippen LogP contribution in [0.2, 0.25) is 0 Å². The van der Waals surface area contributed by atoms with Crippen molar-refractivity contribution in [3.05, 3.63) is 36.4 Å². The first-order valence-corrected chi connectivity index (χ1v) is 6.83. The minimum atomic E-state index is -0.00449. The molecule has 1 aromatic rings. The fraction of sp³-hybridized carbons (Fsp3) is 0.375. The number of phenolic OH excluding ortho intramolecular Hbond substituents is 1. The SMILES string of the molecule is C=CC1=NN(c2ccc(C#N)c(O)c2)C(C(C)CC)C1. The fourth-order valence-corrected chi connectivity index (χ4v) is 2.40. The highest BCUT2D eigenvalue weighted by molar-refractivity contribution is 5.97. The van der Waals surface area contributed by atoms with Crippen molar-refractivity contribution in [2.45, 2.75) is 32.7 Å². The average molecular weight is 269 g/mol. The van der Waals surface area contributed by atoms with E-state index in [1.165, 1.54) is 0 Å². The normalized spacial score (nSPS) is 19.4. The maximum atomic E-state index is 9.84. The van der Waals surface area contributed by atoms with E-state index in [9.17, 15) is 5.11 Å². The van der Waals surface area contributed by atoms with Crippen LogP contribution in [0.15, 0.2) is 36.0 Å². The second-order valence-electron chi connectivity index (χ2n) is 5.11. The maximum absolute atomic E-state index is 9.84. The summed E-state index contributed by atoms with van der Waals surface area (Å²) in [5.74, 6) is 0.476. The van der Waals surface area contributed by atoms with Crippen molar-refractivity contribution in [3.63, 3.8) is 0 Å². The van der Waals surface area contributed by atoms with Crippen LogP contribution in [0.5, 0.6) is 5.75 Å². The summed E-state index contributed by atoms with van der Waals surface area (Å²) < 4.78 is 0. The Morgan fingerprint density at radius 3 is 2.95 bits per heavy atom. The van der Waals surface area contributed by atoms with E-state index in [1.807, 2.05) is 17.1 Å². The van der Waals surface area contributed by atoms with Crippen molar-refractivity contribution in [2.75, 3.05) is 5.01 Å². The summed E-state index contributed by atoms with van der Waals surface area (Å²) in [5, 5.41) is 25.2. The van der Waals surface area contributed by atoms with Crippen LogP contribution in [-0.2, 0) is 0 Å². The second kappa shape index (κ2) is 5.79. The third-order valence-electron chi connectivity index (χ3n) is 3.87. The summed E-state index contributed by atoms with van der Waals surface area (Å²) >= 11 is 0. The molecular formula is C16H19N3O. The molecule has 0 radical (unpaired) electrons. The van der Waals surface area contributed by atoms with Gasteiger partial charge in [0.25, 0.3) is 0 Å². The number of aromatic hydroxyl groups is 1. The summed E-state index contributed by atoms with van der Waals surface area (Å²) in [5.41, 5.74) is 2.05. The summed E-state index contributed by atoms with van der Waals surface area (Å²) in [7, 11) is 0. The highest BCUT2D eigenvalue weighted by atomic mass is 16.3. The molecular weight excluding hydrogens is 250 g/mol. The first-order chi connectivity index (χ1) is 9.60. The van der Waals surface area contributed by atoms with Gasteiger partial charge in [-0.3, -0.25) is 5.01 Å². The highest BCUT2D eigenvalue weighted by Gasteiger charge is 2.30. The topological polar surface area (TPSA) is 59.6 Å². The number of allylic oxidation sites excluding steroid dienone is 1. The molecule has 0 saturated heterocycles. The van der Waals surface area contributed by atoms with E-state index < -0.39 is 0 Å². The Bertz CT molecular complexity index is 586. The maximum Gasteiger partial charge on any atom is 0.135 e. The molecule has 1 N–H and O–H groups in total. The molecule has 1 heterocycles. The van der Waals surface area contributed by atoms with E-state index in [0.29, 0.717) is 5.92 Å². The van der Waals surface area contributed by atoms with E-state index in [1.54, 1.807) is 18.2 Å². The number of anilines is 1. The first-order valence-electron chi connectivity index (χ1n) is 6.83. The van der Waals surface area contributed by atoms with Gasteiger partial charge in [-0.2, -0.15) is 10.4 Å². The molecule has 1 aliphatic rings. The number of hydrazone groups is 1. The third-order valence-corrected chi connectivity index (χ3v) is 3.87. The van der Waals surface area contributed by atoms with Crippen molar-refractivity contribution >= 4 is 11.4 Å². The van der Waals surface area contributed by atoms with Gasteiger partial charge in [0.1, 0.15) is 11.8 Å². The van der Waals surface area contributed by atoms with E-state index in [4.69, 9.17) is 5.26 Å². The molecule has 0 aromatic heterocycles. The first kappa shape index (κ1) is 14.1. The largest absolute Gasteiger partial charge is 0.506 e. The van der Waals surface area contributed by atoms with Crippen molar-refractivity contribution in [3.8, 4) is 11.8 Å². The van der Waals surface area contributed by atoms with Crippen LogP contribution in [0, 0.1) is 17.2 Å². The van der Waals surface area contributed by atoms with Crippen LogP contribution in [0.3, 0.4) is 0 Å². The minimum absolute atomic E-state index is 0.00449. The molecule has 0 saturated carbocycles. The molecule has 0 bridgehead atoms. The van der Waals surface area contributed by atoms with Crippen LogP contribution < -0.4 is 5.01 Å². The molecule has 2 rings (SSSR count). The number of rotatable bonds is 4. The van der Waals surface area contributed by atoms with E-state index >= 15 is 0 Å². The predicted molar refractivity (Wildman–Crippen MR) is 80.8 cm³/mol. The van der Waals surface area contributed by atoms with E-state index in [-0.39, 0.29) is 17.4 Å². The van der Waals surface area contributed by atoms with Crippen LogP contribution >= 0.6 is 0 Å². The van der Waals surface area contributed by atoms with Crippen molar-refractivity contribution in [1.82, 2.24) is 0 Å². The molecule has 4 nitrogen and oxygen atoms in total. The van der Waals surface area contributed by atoms with Crippen molar-refractivity contribution in [2.24, 2.45) is 11.0 Å². The average Bonchev–Trinajstić information content (AvgIpc) is 2.90. The number of hydrogen-bond acceptors (Lipinski definition) is 4. The number of nitrogens with zero attached hydrogens (tertiary/aromatic N) is 3.